The number of hydrogen-bond donors (Lipinski definition) is 0. The second-order valence-electron chi connectivity index (χ2n) is 4.85. The van der Waals surface area contributed by atoms with Gasteiger partial charge in [0.05, 0.1) is 0 Å². The van der Waals surface area contributed by atoms with Crippen molar-refractivity contribution in [3.63, 3.8) is 0 Å². The van der Waals surface area contributed by atoms with Crippen molar-refractivity contribution in [2.75, 3.05) is 31.1 Å². The molecule has 0 aliphatic carbocycles. The molecule has 0 aromatic carbocycles. The van der Waals surface area contributed by atoms with Gasteiger partial charge in [-0.2, -0.15) is 0 Å². The van der Waals surface area contributed by atoms with Gasteiger partial charge < -0.3 is 9.80 Å². The van der Waals surface area contributed by atoms with Crippen molar-refractivity contribution in [3.05, 3.63) is 52.9 Å². The van der Waals surface area contributed by atoms with E-state index in [0.717, 1.165) is 36.9 Å². The molecule has 1 aliphatic heterocycles. The van der Waals surface area contributed by atoms with E-state index in [1.165, 1.54) is 0 Å². The Labute approximate surface area is 128 Å². The van der Waals surface area contributed by atoms with Gasteiger partial charge in [-0.3, -0.25) is 4.79 Å². The Morgan fingerprint density at radius 1 is 1.14 bits per heavy atom. The van der Waals surface area contributed by atoms with Gasteiger partial charge in [-0.25, -0.2) is 4.98 Å². The van der Waals surface area contributed by atoms with Gasteiger partial charge in [0.15, 0.2) is 0 Å². The summed E-state index contributed by atoms with van der Waals surface area (Å²) in [7, 11) is 0. The molecular formula is C16H17N3OS. The molecule has 4 nitrogen and oxygen atoms in total. The first-order valence-electron chi connectivity index (χ1n) is 6.99. The third kappa shape index (κ3) is 3.49. The molecule has 1 amide bonds. The lowest BCUT2D eigenvalue weighted by molar-refractivity contribution is -0.126. The van der Waals surface area contributed by atoms with Gasteiger partial charge in [0, 0.05) is 43.3 Å². The van der Waals surface area contributed by atoms with Crippen LogP contribution < -0.4 is 4.90 Å². The van der Waals surface area contributed by atoms with Crippen molar-refractivity contribution in [1.82, 2.24) is 9.88 Å². The molecule has 2 aromatic rings. The molecule has 1 saturated heterocycles. The van der Waals surface area contributed by atoms with Crippen LogP contribution >= 0.6 is 11.3 Å². The molecule has 5 heteroatoms. The Morgan fingerprint density at radius 2 is 2.00 bits per heavy atom. The zero-order valence-electron chi connectivity index (χ0n) is 11.7. The average molecular weight is 299 g/mol. The van der Waals surface area contributed by atoms with Gasteiger partial charge in [0.2, 0.25) is 5.91 Å². The topological polar surface area (TPSA) is 36.4 Å². The number of thiophene rings is 1. The summed E-state index contributed by atoms with van der Waals surface area (Å²) >= 11 is 1.64. The highest BCUT2D eigenvalue weighted by Crippen LogP contribution is 2.14. The molecular weight excluding hydrogens is 282 g/mol. The molecule has 0 spiro atoms. The first kappa shape index (κ1) is 13.8. The number of aromatic nitrogens is 1. The first-order valence-corrected chi connectivity index (χ1v) is 7.87. The Hall–Kier alpha value is -2.14. The summed E-state index contributed by atoms with van der Waals surface area (Å²) in [6, 6.07) is 9.91. The van der Waals surface area contributed by atoms with Crippen molar-refractivity contribution in [3.8, 4) is 0 Å². The van der Waals surface area contributed by atoms with Gasteiger partial charge >= 0.3 is 0 Å². The van der Waals surface area contributed by atoms with Crippen LogP contribution in [0.1, 0.15) is 4.88 Å². The van der Waals surface area contributed by atoms with Crippen LogP contribution in [0, 0.1) is 0 Å². The summed E-state index contributed by atoms with van der Waals surface area (Å²) in [5.41, 5.74) is 0. The SMILES string of the molecule is O=C(C=Cc1cccs1)N1CCN(c2ccccn2)CC1. The molecule has 3 heterocycles. The quantitative estimate of drug-likeness (QED) is 0.817. The summed E-state index contributed by atoms with van der Waals surface area (Å²) in [5, 5.41) is 2.01. The van der Waals surface area contributed by atoms with Crippen LogP contribution in [0.5, 0.6) is 0 Å². The zero-order valence-corrected chi connectivity index (χ0v) is 12.5. The van der Waals surface area contributed by atoms with Crippen LogP contribution in [-0.4, -0.2) is 42.0 Å². The molecule has 1 aliphatic rings. The van der Waals surface area contributed by atoms with Gasteiger partial charge in [-0.15, -0.1) is 11.3 Å². The van der Waals surface area contributed by atoms with Crippen molar-refractivity contribution in [2.24, 2.45) is 0 Å². The Kier molecular flexibility index (Phi) is 4.31. The molecule has 108 valence electrons. The fourth-order valence-electron chi connectivity index (χ4n) is 2.34. The lowest BCUT2D eigenvalue weighted by Crippen LogP contribution is -2.48. The van der Waals surface area contributed by atoms with Crippen LogP contribution in [0.15, 0.2) is 48.0 Å². The summed E-state index contributed by atoms with van der Waals surface area (Å²) in [6.07, 6.45) is 5.36. The van der Waals surface area contributed by atoms with Crippen molar-refractivity contribution in [1.29, 1.82) is 0 Å². The minimum absolute atomic E-state index is 0.0871. The highest BCUT2D eigenvalue weighted by atomic mass is 32.1. The summed E-state index contributed by atoms with van der Waals surface area (Å²) in [6.45, 7) is 3.14. The van der Waals surface area contributed by atoms with E-state index < -0.39 is 0 Å². The summed E-state index contributed by atoms with van der Waals surface area (Å²) in [5.74, 6) is 1.07. The molecule has 21 heavy (non-hydrogen) atoms. The van der Waals surface area contributed by atoms with Gasteiger partial charge in [-0.1, -0.05) is 12.1 Å². The zero-order chi connectivity index (χ0) is 14.5. The van der Waals surface area contributed by atoms with Crippen molar-refractivity contribution >= 4 is 29.1 Å². The molecule has 0 atom stereocenters. The lowest BCUT2D eigenvalue weighted by atomic mass is 10.3. The number of amides is 1. The van der Waals surface area contributed by atoms with Gasteiger partial charge in [-0.05, 0) is 29.7 Å². The normalized spacial score (nSPS) is 15.6. The van der Waals surface area contributed by atoms with Crippen LogP contribution in [-0.2, 0) is 4.79 Å². The number of carbonyl (C=O) groups excluding carboxylic acids is 1. The number of rotatable bonds is 3. The maximum Gasteiger partial charge on any atom is 0.246 e. The fraction of sp³-hybridized carbons (Fsp3) is 0.250. The maximum atomic E-state index is 12.1. The molecule has 0 radical (unpaired) electrons. The third-order valence-electron chi connectivity index (χ3n) is 3.50. The summed E-state index contributed by atoms with van der Waals surface area (Å²) < 4.78 is 0. The molecule has 0 bridgehead atoms. The first-order chi connectivity index (χ1) is 10.3. The predicted molar refractivity (Wildman–Crippen MR) is 86.4 cm³/mol. The van der Waals surface area contributed by atoms with E-state index in [1.807, 2.05) is 46.7 Å². The van der Waals surface area contributed by atoms with E-state index >= 15 is 0 Å². The minimum atomic E-state index is 0.0871. The van der Waals surface area contributed by atoms with Crippen molar-refractivity contribution in [2.45, 2.75) is 0 Å². The number of carbonyl (C=O) groups is 1. The second kappa shape index (κ2) is 6.54. The van der Waals surface area contributed by atoms with Crippen LogP contribution in [0.25, 0.3) is 6.08 Å². The third-order valence-corrected chi connectivity index (χ3v) is 4.34. The molecule has 0 N–H and O–H groups in total. The predicted octanol–water partition coefficient (Wildman–Crippen LogP) is 2.51. The molecule has 1 fully saturated rings. The van der Waals surface area contributed by atoms with Gasteiger partial charge in [0.25, 0.3) is 0 Å². The second-order valence-corrected chi connectivity index (χ2v) is 5.83. The van der Waals surface area contributed by atoms with Gasteiger partial charge in [0.1, 0.15) is 5.82 Å². The smallest absolute Gasteiger partial charge is 0.246 e. The van der Waals surface area contributed by atoms with Crippen LogP contribution in [0.4, 0.5) is 5.82 Å². The van der Waals surface area contributed by atoms with E-state index in [9.17, 15) is 4.79 Å². The van der Waals surface area contributed by atoms with E-state index in [1.54, 1.807) is 23.6 Å². The highest BCUT2D eigenvalue weighted by Gasteiger charge is 2.20. The average Bonchev–Trinajstić information content (AvgIpc) is 3.07. The largest absolute Gasteiger partial charge is 0.353 e. The summed E-state index contributed by atoms with van der Waals surface area (Å²) in [4.78, 5) is 21.7. The number of pyridine rings is 1. The number of piperazine rings is 1. The Bertz CT molecular complexity index is 602. The molecule has 3 rings (SSSR count). The monoisotopic (exact) mass is 299 g/mol. The Morgan fingerprint density at radius 3 is 2.67 bits per heavy atom. The van der Waals surface area contributed by atoms with Crippen molar-refractivity contribution < 1.29 is 4.79 Å². The minimum Gasteiger partial charge on any atom is -0.353 e. The van der Waals surface area contributed by atoms with E-state index in [4.69, 9.17) is 0 Å². The number of hydrogen-bond acceptors (Lipinski definition) is 4. The number of anilines is 1. The van der Waals surface area contributed by atoms with E-state index in [2.05, 4.69) is 9.88 Å². The van der Waals surface area contributed by atoms with Crippen LogP contribution in [0.3, 0.4) is 0 Å². The van der Waals surface area contributed by atoms with E-state index in [0.29, 0.717) is 0 Å². The fourth-order valence-corrected chi connectivity index (χ4v) is 2.96. The standard InChI is InChI=1S/C16H17N3OS/c20-16(7-6-14-4-3-13-21-14)19-11-9-18(10-12-19)15-5-1-2-8-17-15/h1-8,13H,9-12H2. The molecule has 0 unspecified atom stereocenters. The Balaban J connectivity index is 1.55. The maximum absolute atomic E-state index is 12.1. The van der Waals surface area contributed by atoms with Crippen LogP contribution in [0.2, 0.25) is 0 Å². The highest BCUT2D eigenvalue weighted by molar-refractivity contribution is 7.10. The lowest BCUT2D eigenvalue weighted by Gasteiger charge is -2.34. The van der Waals surface area contributed by atoms with E-state index in [-0.39, 0.29) is 5.91 Å². The molecule has 2 aromatic heterocycles. The number of nitrogens with zero attached hydrogens (tertiary/aromatic N) is 3. The molecule has 0 saturated carbocycles.